The van der Waals surface area contributed by atoms with Crippen LogP contribution in [0.4, 0.5) is 5.82 Å². The molecule has 2 aliphatic heterocycles. The molecule has 0 saturated carbocycles. The van der Waals surface area contributed by atoms with Crippen molar-refractivity contribution in [3.05, 3.63) is 59.8 Å². The van der Waals surface area contributed by atoms with E-state index in [1.807, 2.05) is 40.1 Å². The van der Waals surface area contributed by atoms with Crippen LogP contribution < -0.4 is 4.90 Å². The van der Waals surface area contributed by atoms with Gasteiger partial charge in [-0.2, -0.15) is 0 Å². The Morgan fingerprint density at radius 2 is 1.83 bits per heavy atom. The Labute approximate surface area is 176 Å². The number of likely N-dealkylation sites (tertiary alicyclic amines) is 1. The molecule has 2 aromatic rings. The minimum absolute atomic E-state index is 0.0121. The molecule has 2 aliphatic rings. The van der Waals surface area contributed by atoms with Gasteiger partial charge in [-0.05, 0) is 43.4 Å². The van der Waals surface area contributed by atoms with Gasteiger partial charge in [-0.15, -0.1) is 0 Å². The number of anilines is 1. The van der Waals surface area contributed by atoms with Gasteiger partial charge in [0.15, 0.2) is 0 Å². The van der Waals surface area contributed by atoms with E-state index in [1.54, 1.807) is 18.3 Å². The zero-order valence-corrected chi connectivity index (χ0v) is 16.9. The molecule has 0 aliphatic carbocycles. The van der Waals surface area contributed by atoms with Gasteiger partial charge >= 0.3 is 5.97 Å². The summed E-state index contributed by atoms with van der Waals surface area (Å²) in [5.74, 6) is -0.458. The van der Waals surface area contributed by atoms with Crippen LogP contribution in [-0.2, 0) is 11.2 Å². The van der Waals surface area contributed by atoms with Crippen LogP contribution in [-0.4, -0.2) is 64.3 Å². The molecule has 2 atom stereocenters. The number of aliphatic carboxylic acids is 1. The van der Waals surface area contributed by atoms with Crippen LogP contribution in [0, 0.1) is 5.41 Å². The number of hydrogen-bond donors (Lipinski definition) is 2. The van der Waals surface area contributed by atoms with E-state index in [9.17, 15) is 19.8 Å². The summed E-state index contributed by atoms with van der Waals surface area (Å²) in [7, 11) is 0. The smallest absolute Gasteiger partial charge is 0.314 e. The number of hydrogen-bond acceptors (Lipinski definition) is 5. The van der Waals surface area contributed by atoms with Crippen molar-refractivity contribution >= 4 is 17.7 Å². The van der Waals surface area contributed by atoms with E-state index in [1.165, 1.54) is 0 Å². The first-order valence-corrected chi connectivity index (χ1v) is 10.5. The summed E-state index contributed by atoms with van der Waals surface area (Å²) >= 11 is 0. The van der Waals surface area contributed by atoms with E-state index in [4.69, 9.17) is 0 Å². The van der Waals surface area contributed by atoms with E-state index >= 15 is 0 Å². The van der Waals surface area contributed by atoms with Crippen molar-refractivity contribution < 1.29 is 19.8 Å². The molecular formula is C23H27N3O4. The molecule has 0 bridgehead atoms. The fourth-order valence-corrected chi connectivity index (χ4v) is 4.52. The van der Waals surface area contributed by atoms with Gasteiger partial charge < -0.3 is 20.0 Å². The lowest BCUT2D eigenvalue weighted by Gasteiger charge is -2.44. The van der Waals surface area contributed by atoms with E-state index in [0.717, 1.165) is 31.5 Å². The quantitative estimate of drug-likeness (QED) is 0.786. The standard InChI is InChI=1S/C23H27N3O4/c27-19-9-13-26(16-23(19,22(29)30)15-17-6-2-1-3-7-17)20-14-18(8-10-24-20)21(28)25-11-4-5-12-25/h1-3,6-8,10,14,19,27H,4-5,9,11-13,15-16H2,(H,29,30)/t19-,23-/m1/s1. The van der Waals surface area contributed by atoms with Gasteiger partial charge in [0.2, 0.25) is 0 Å². The maximum Gasteiger partial charge on any atom is 0.314 e. The summed E-state index contributed by atoms with van der Waals surface area (Å²) in [6.45, 7) is 2.16. The van der Waals surface area contributed by atoms with Gasteiger partial charge in [-0.25, -0.2) is 4.98 Å². The van der Waals surface area contributed by atoms with E-state index in [-0.39, 0.29) is 18.9 Å². The van der Waals surface area contributed by atoms with Crippen molar-refractivity contribution in [2.24, 2.45) is 5.41 Å². The Morgan fingerprint density at radius 1 is 1.10 bits per heavy atom. The summed E-state index contributed by atoms with van der Waals surface area (Å²) in [5, 5.41) is 20.8. The number of carbonyl (C=O) groups is 2. The van der Waals surface area contributed by atoms with E-state index in [2.05, 4.69) is 4.98 Å². The lowest BCUT2D eigenvalue weighted by atomic mass is 9.73. The van der Waals surface area contributed by atoms with Crippen molar-refractivity contribution in [2.45, 2.75) is 31.8 Å². The number of pyridine rings is 1. The Bertz CT molecular complexity index is 914. The molecule has 2 saturated heterocycles. The van der Waals surface area contributed by atoms with Crippen LogP contribution in [0.15, 0.2) is 48.7 Å². The van der Waals surface area contributed by atoms with Crippen LogP contribution in [0.3, 0.4) is 0 Å². The maximum absolute atomic E-state index is 12.8. The van der Waals surface area contributed by atoms with Gasteiger partial charge in [0, 0.05) is 37.9 Å². The molecule has 1 amide bonds. The highest BCUT2D eigenvalue weighted by atomic mass is 16.4. The second-order valence-electron chi connectivity index (χ2n) is 8.25. The van der Waals surface area contributed by atoms with Crippen molar-refractivity contribution in [1.82, 2.24) is 9.88 Å². The molecule has 0 radical (unpaired) electrons. The van der Waals surface area contributed by atoms with Gasteiger partial charge in [-0.3, -0.25) is 9.59 Å². The molecular weight excluding hydrogens is 382 g/mol. The third-order valence-electron chi connectivity index (χ3n) is 6.28. The second-order valence-corrected chi connectivity index (χ2v) is 8.25. The lowest BCUT2D eigenvalue weighted by molar-refractivity contribution is -0.157. The molecule has 3 heterocycles. The molecule has 2 N–H and O–H groups in total. The number of piperidine rings is 1. The van der Waals surface area contributed by atoms with Crippen LogP contribution in [0.2, 0.25) is 0 Å². The van der Waals surface area contributed by atoms with Crippen molar-refractivity contribution in [2.75, 3.05) is 31.1 Å². The van der Waals surface area contributed by atoms with Gasteiger partial charge in [0.05, 0.1) is 6.10 Å². The molecule has 1 aromatic carbocycles. The first-order valence-electron chi connectivity index (χ1n) is 10.5. The SMILES string of the molecule is O=C(c1ccnc(N2CC[C@@H](O)[C@](Cc3ccccc3)(C(=O)O)C2)c1)N1CCCC1. The number of carboxylic acids is 1. The Kier molecular flexibility index (Phi) is 5.72. The van der Waals surface area contributed by atoms with Crippen molar-refractivity contribution in [1.29, 1.82) is 0 Å². The number of aliphatic hydroxyl groups is 1. The van der Waals surface area contributed by atoms with Crippen LogP contribution in [0.5, 0.6) is 0 Å². The van der Waals surface area contributed by atoms with Gasteiger partial charge in [0.1, 0.15) is 11.2 Å². The number of amides is 1. The minimum Gasteiger partial charge on any atom is -0.481 e. The highest BCUT2D eigenvalue weighted by molar-refractivity contribution is 5.95. The Balaban J connectivity index is 1.60. The topological polar surface area (TPSA) is 94.0 Å². The maximum atomic E-state index is 12.8. The predicted octanol–water partition coefficient (Wildman–Crippen LogP) is 2.20. The molecule has 158 valence electrons. The fourth-order valence-electron chi connectivity index (χ4n) is 4.52. The van der Waals surface area contributed by atoms with Gasteiger partial charge in [0.25, 0.3) is 5.91 Å². The molecule has 1 aromatic heterocycles. The summed E-state index contributed by atoms with van der Waals surface area (Å²) in [6.07, 6.45) is 3.24. The van der Waals surface area contributed by atoms with E-state index < -0.39 is 17.5 Å². The number of benzene rings is 1. The zero-order chi connectivity index (χ0) is 21.1. The summed E-state index contributed by atoms with van der Waals surface area (Å²) in [5.41, 5.74) is 0.0970. The molecule has 30 heavy (non-hydrogen) atoms. The monoisotopic (exact) mass is 409 g/mol. The Hall–Kier alpha value is -2.93. The summed E-state index contributed by atoms with van der Waals surface area (Å²) in [4.78, 5) is 33.2. The average Bonchev–Trinajstić information content (AvgIpc) is 3.30. The van der Waals surface area contributed by atoms with Crippen molar-refractivity contribution in [3.8, 4) is 0 Å². The third-order valence-corrected chi connectivity index (χ3v) is 6.28. The molecule has 4 rings (SSSR count). The average molecular weight is 409 g/mol. The Morgan fingerprint density at radius 3 is 2.53 bits per heavy atom. The molecule has 7 heteroatoms. The molecule has 0 spiro atoms. The normalized spacial score (nSPS) is 24.1. The number of aliphatic hydroxyl groups excluding tert-OH is 1. The highest BCUT2D eigenvalue weighted by Crippen LogP contribution is 2.36. The molecule has 2 fully saturated rings. The molecule has 7 nitrogen and oxygen atoms in total. The number of carboxylic acid groups (broad SMARTS) is 1. The zero-order valence-electron chi connectivity index (χ0n) is 16.9. The predicted molar refractivity (Wildman–Crippen MR) is 112 cm³/mol. The number of nitrogens with zero attached hydrogens (tertiary/aromatic N) is 3. The first kappa shape index (κ1) is 20.3. The number of carbonyl (C=O) groups excluding carboxylic acids is 1. The summed E-state index contributed by atoms with van der Waals surface area (Å²) in [6, 6.07) is 12.8. The lowest BCUT2D eigenvalue weighted by Crippen LogP contribution is -2.57. The third kappa shape index (κ3) is 3.89. The first-order chi connectivity index (χ1) is 14.5. The van der Waals surface area contributed by atoms with Crippen LogP contribution in [0.25, 0.3) is 0 Å². The summed E-state index contributed by atoms with van der Waals surface area (Å²) < 4.78 is 0. The van der Waals surface area contributed by atoms with E-state index in [0.29, 0.717) is 24.3 Å². The number of aromatic nitrogens is 1. The second kappa shape index (κ2) is 8.44. The van der Waals surface area contributed by atoms with Gasteiger partial charge in [-0.1, -0.05) is 30.3 Å². The largest absolute Gasteiger partial charge is 0.481 e. The van der Waals surface area contributed by atoms with Crippen molar-refractivity contribution in [3.63, 3.8) is 0 Å². The number of rotatable bonds is 5. The fraction of sp³-hybridized carbons (Fsp3) is 0.435. The molecule has 0 unspecified atom stereocenters. The van der Waals surface area contributed by atoms with Crippen LogP contribution >= 0.6 is 0 Å². The highest BCUT2D eigenvalue weighted by Gasteiger charge is 2.49. The van der Waals surface area contributed by atoms with Crippen LogP contribution in [0.1, 0.15) is 35.2 Å². The minimum atomic E-state index is -1.34.